The Labute approximate surface area is 105 Å². The van der Waals surface area contributed by atoms with Crippen LogP contribution in [0.25, 0.3) is 0 Å². The van der Waals surface area contributed by atoms with Crippen molar-refractivity contribution in [1.29, 1.82) is 0 Å². The Morgan fingerprint density at radius 1 is 1.53 bits per heavy atom. The first-order valence-corrected chi connectivity index (χ1v) is 5.79. The maximum atomic E-state index is 11.9. The van der Waals surface area contributed by atoms with Crippen LogP contribution in [0.1, 0.15) is 37.2 Å². The molecule has 0 spiro atoms. The average molecular weight is 258 g/mol. The Morgan fingerprint density at radius 3 is 2.71 bits per heavy atom. The van der Waals surface area contributed by atoms with Gasteiger partial charge in [-0.2, -0.15) is 0 Å². The van der Waals surface area contributed by atoms with Crippen molar-refractivity contribution in [2.75, 3.05) is 6.61 Å². The van der Waals surface area contributed by atoms with Crippen LogP contribution in [0.2, 0.25) is 5.15 Å². The third-order valence-corrected chi connectivity index (χ3v) is 2.91. The summed E-state index contributed by atoms with van der Waals surface area (Å²) in [5.74, 6) is -0.313. The Bertz CT molecular complexity index is 383. The molecule has 1 aromatic heterocycles. The predicted molar refractivity (Wildman–Crippen MR) is 64.9 cm³/mol. The maximum absolute atomic E-state index is 11.9. The van der Waals surface area contributed by atoms with Crippen LogP contribution < -0.4 is 5.32 Å². The first-order valence-electron chi connectivity index (χ1n) is 5.41. The van der Waals surface area contributed by atoms with Crippen LogP contribution >= 0.6 is 11.6 Å². The number of hydrogen-bond acceptors (Lipinski definition) is 4. The van der Waals surface area contributed by atoms with Gasteiger partial charge in [-0.15, -0.1) is 0 Å². The van der Waals surface area contributed by atoms with Crippen molar-refractivity contribution in [3.8, 4) is 0 Å². The van der Waals surface area contributed by atoms with Gasteiger partial charge in [-0.05, 0) is 19.8 Å². The van der Waals surface area contributed by atoms with E-state index in [4.69, 9.17) is 16.7 Å². The lowest BCUT2D eigenvalue weighted by Crippen LogP contribution is -2.46. The van der Waals surface area contributed by atoms with Crippen molar-refractivity contribution in [2.24, 2.45) is 0 Å². The van der Waals surface area contributed by atoms with E-state index in [0.717, 1.165) is 6.42 Å². The van der Waals surface area contributed by atoms with Crippen molar-refractivity contribution >= 4 is 17.5 Å². The molecule has 94 valence electrons. The van der Waals surface area contributed by atoms with Crippen molar-refractivity contribution in [1.82, 2.24) is 15.3 Å². The molecule has 1 unspecified atom stereocenters. The van der Waals surface area contributed by atoms with E-state index < -0.39 is 5.54 Å². The topological polar surface area (TPSA) is 75.1 Å². The molecular weight excluding hydrogens is 242 g/mol. The van der Waals surface area contributed by atoms with Crippen LogP contribution in [0, 0.1) is 0 Å². The van der Waals surface area contributed by atoms with E-state index in [0.29, 0.717) is 6.42 Å². The summed E-state index contributed by atoms with van der Waals surface area (Å²) in [6.45, 7) is 3.85. The molecule has 5 nitrogen and oxygen atoms in total. The van der Waals surface area contributed by atoms with Crippen molar-refractivity contribution in [2.45, 2.75) is 32.2 Å². The predicted octanol–water partition coefficient (Wildman–Crippen LogP) is 1.41. The minimum absolute atomic E-state index is 0.0247. The number of aromatic nitrogens is 2. The third kappa shape index (κ3) is 3.94. The van der Waals surface area contributed by atoms with Gasteiger partial charge in [0, 0.05) is 12.1 Å². The van der Waals surface area contributed by atoms with E-state index in [2.05, 4.69) is 15.3 Å². The molecule has 0 aliphatic rings. The summed E-state index contributed by atoms with van der Waals surface area (Å²) < 4.78 is 0. The van der Waals surface area contributed by atoms with Crippen LogP contribution in [0.15, 0.2) is 12.4 Å². The molecule has 0 aromatic carbocycles. The Morgan fingerprint density at radius 2 is 2.24 bits per heavy atom. The molecule has 0 bridgehead atoms. The van der Waals surface area contributed by atoms with Crippen molar-refractivity contribution in [3.63, 3.8) is 0 Å². The number of aliphatic hydroxyl groups is 1. The number of rotatable bonds is 5. The summed E-state index contributed by atoms with van der Waals surface area (Å²) in [5.41, 5.74) is -0.223. The number of halogens is 1. The van der Waals surface area contributed by atoms with Crippen molar-refractivity contribution in [3.05, 3.63) is 23.2 Å². The van der Waals surface area contributed by atoms with E-state index >= 15 is 0 Å². The van der Waals surface area contributed by atoms with E-state index in [-0.39, 0.29) is 23.4 Å². The number of amides is 1. The first-order chi connectivity index (χ1) is 8.00. The number of nitrogens with zero attached hydrogens (tertiary/aromatic N) is 2. The van der Waals surface area contributed by atoms with E-state index in [1.807, 2.05) is 13.8 Å². The summed E-state index contributed by atoms with van der Waals surface area (Å²) >= 11 is 5.59. The van der Waals surface area contributed by atoms with Gasteiger partial charge in [-0.25, -0.2) is 9.97 Å². The fraction of sp³-hybridized carbons (Fsp3) is 0.545. The summed E-state index contributed by atoms with van der Waals surface area (Å²) in [7, 11) is 0. The SMILES string of the molecule is CCC(C)(CCO)NC(=O)c1cnc(Cl)cn1. The van der Waals surface area contributed by atoms with Crippen LogP contribution in [-0.2, 0) is 0 Å². The molecule has 6 heteroatoms. The van der Waals surface area contributed by atoms with Gasteiger partial charge in [0.25, 0.3) is 5.91 Å². The lowest BCUT2D eigenvalue weighted by atomic mass is 9.95. The zero-order valence-corrected chi connectivity index (χ0v) is 10.7. The summed E-state index contributed by atoms with van der Waals surface area (Å²) in [6.07, 6.45) is 3.87. The second-order valence-corrected chi connectivity index (χ2v) is 4.45. The highest BCUT2D eigenvalue weighted by atomic mass is 35.5. The van der Waals surface area contributed by atoms with Gasteiger partial charge in [0.15, 0.2) is 0 Å². The molecule has 0 fully saturated rings. The normalized spacial score (nSPS) is 14.1. The number of hydrogen-bond donors (Lipinski definition) is 2. The van der Waals surface area contributed by atoms with Crippen molar-refractivity contribution < 1.29 is 9.90 Å². The van der Waals surface area contributed by atoms with Gasteiger partial charge in [-0.1, -0.05) is 18.5 Å². The molecule has 1 atom stereocenters. The van der Waals surface area contributed by atoms with Crippen LogP contribution in [0.3, 0.4) is 0 Å². The maximum Gasteiger partial charge on any atom is 0.271 e. The van der Waals surface area contributed by atoms with Crippen LogP contribution in [0.5, 0.6) is 0 Å². The molecule has 0 saturated carbocycles. The Hall–Kier alpha value is -1.20. The third-order valence-electron chi connectivity index (χ3n) is 2.71. The van der Waals surface area contributed by atoms with E-state index in [1.54, 1.807) is 0 Å². The standard InChI is InChI=1S/C11H16ClN3O2/c1-3-11(2,4-5-16)15-10(17)8-6-14-9(12)7-13-8/h6-7,16H,3-5H2,1-2H3,(H,15,17). The molecule has 2 N–H and O–H groups in total. The molecule has 0 radical (unpaired) electrons. The second kappa shape index (κ2) is 5.93. The van der Waals surface area contributed by atoms with E-state index in [1.165, 1.54) is 12.4 Å². The fourth-order valence-electron chi connectivity index (χ4n) is 1.34. The Balaban J connectivity index is 2.74. The highest BCUT2D eigenvalue weighted by molar-refractivity contribution is 6.29. The minimum Gasteiger partial charge on any atom is -0.396 e. The molecule has 1 amide bonds. The van der Waals surface area contributed by atoms with Gasteiger partial charge in [-0.3, -0.25) is 4.79 Å². The molecule has 17 heavy (non-hydrogen) atoms. The highest BCUT2D eigenvalue weighted by Crippen LogP contribution is 2.14. The number of aliphatic hydroxyl groups excluding tert-OH is 1. The Kier molecular flexibility index (Phi) is 4.84. The van der Waals surface area contributed by atoms with E-state index in [9.17, 15) is 4.79 Å². The lowest BCUT2D eigenvalue weighted by molar-refractivity contribution is 0.0880. The molecule has 0 aliphatic carbocycles. The van der Waals surface area contributed by atoms with Crippen LogP contribution in [-0.4, -0.2) is 33.1 Å². The zero-order valence-electron chi connectivity index (χ0n) is 9.90. The second-order valence-electron chi connectivity index (χ2n) is 4.07. The number of nitrogens with one attached hydrogen (secondary N) is 1. The van der Waals surface area contributed by atoms with Gasteiger partial charge >= 0.3 is 0 Å². The fourth-order valence-corrected chi connectivity index (χ4v) is 1.44. The minimum atomic E-state index is -0.437. The molecule has 0 aliphatic heterocycles. The van der Waals surface area contributed by atoms with Gasteiger partial charge in [0.2, 0.25) is 0 Å². The van der Waals surface area contributed by atoms with Gasteiger partial charge in [0.05, 0.1) is 12.4 Å². The van der Waals surface area contributed by atoms with Gasteiger partial charge in [0.1, 0.15) is 10.8 Å². The quantitative estimate of drug-likeness (QED) is 0.836. The number of carbonyl (C=O) groups is 1. The summed E-state index contributed by atoms with van der Waals surface area (Å²) in [5, 5.41) is 12.0. The smallest absolute Gasteiger partial charge is 0.271 e. The first kappa shape index (κ1) is 13.9. The molecule has 0 saturated heterocycles. The monoisotopic (exact) mass is 257 g/mol. The summed E-state index contributed by atoms with van der Waals surface area (Å²) in [6, 6.07) is 0. The largest absolute Gasteiger partial charge is 0.396 e. The molecule has 1 rings (SSSR count). The number of carbonyl (C=O) groups excluding carboxylic acids is 1. The van der Waals surface area contributed by atoms with Crippen LogP contribution in [0.4, 0.5) is 0 Å². The lowest BCUT2D eigenvalue weighted by Gasteiger charge is -2.28. The highest BCUT2D eigenvalue weighted by Gasteiger charge is 2.24. The average Bonchev–Trinajstić information content (AvgIpc) is 2.30. The zero-order chi connectivity index (χ0) is 12.9. The molecule has 1 heterocycles. The molecular formula is C11H16ClN3O2. The van der Waals surface area contributed by atoms with Gasteiger partial charge < -0.3 is 10.4 Å². The molecule has 1 aromatic rings. The summed E-state index contributed by atoms with van der Waals surface area (Å²) in [4.78, 5) is 19.5.